The molecule has 0 aliphatic carbocycles. The molecule has 1 aromatic rings. The van der Waals surface area contributed by atoms with E-state index in [9.17, 15) is 9.18 Å². The van der Waals surface area contributed by atoms with E-state index in [1.165, 1.54) is 12.1 Å². The average molecular weight is 293 g/mol. The number of piperazine rings is 1. The number of carbonyl (C=O) groups is 1. The molecule has 2 N–H and O–H groups in total. The van der Waals surface area contributed by atoms with Gasteiger partial charge in [-0.05, 0) is 30.2 Å². The van der Waals surface area contributed by atoms with E-state index in [2.05, 4.69) is 4.90 Å². The Kier molecular flexibility index (Phi) is 5.17. The number of amides is 1. The van der Waals surface area contributed by atoms with E-state index in [0.29, 0.717) is 19.6 Å². The molecule has 5 heteroatoms. The third-order valence-electron chi connectivity index (χ3n) is 4.16. The minimum absolute atomic E-state index is 0.0950. The number of benzene rings is 1. The highest BCUT2D eigenvalue weighted by Gasteiger charge is 2.28. The van der Waals surface area contributed by atoms with Gasteiger partial charge in [0.25, 0.3) is 0 Å². The number of nitrogens with zero attached hydrogens (tertiary/aromatic N) is 2. The van der Waals surface area contributed by atoms with Crippen LogP contribution in [0.15, 0.2) is 24.3 Å². The fourth-order valence-corrected chi connectivity index (χ4v) is 2.73. The van der Waals surface area contributed by atoms with E-state index < -0.39 is 0 Å². The molecule has 1 heterocycles. The van der Waals surface area contributed by atoms with Crippen molar-refractivity contribution in [3.63, 3.8) is 0 Å². The van der Waals surface area contributed by atoms with E-state index in [1.807, 2.05) is 18.7 Å². The minimum atomic E-state index is -0.227. The van der Waals surface area contributed by atoms with Crippen LogP contribution < -0.4 is 10.6 Å². The van der Waals surface area contributed by atoms with Gasteiger partial charge in [-0.3, -0.25) is 4.79 Å². The zero-order chi connectivity index (χ0) is 15.4. The van der Waals surface area contributed by atoms with Crippen molar-refractivity contribution in [2.75, 3.05) is 37.6 Å². The van der Waals surface area contributed by atoms with Gasteiger partial charge in [0.15, 0.2) is 0 Å². The maximum atomic E-state index is 12.9. The Labute approximate surface area is 125 Å². The van der Waals surface area contributed by atoms with Crippen molar-refractivity contribution in [2.24, 2.45) is 17.6 Å². The van der Waals surface area contributed by atoms with Gasteiger partial charge in [-0.1, -0.05) is 13.8 Å². The molecule has 1 aliphatic rings. The number of nitrogens with two attached hydrogens (primary N) is 1. The van der Waals surface area contributed by atoms with Gasteiger partial charge in [0.05, 0.1) is 5.92 Å². The molecule has 0 aromatic heterocycles. The zero-order valence-corrected chi connectivity index (χ0v) is 12.8. The topological polar surface area (TPSA) is 49.6 Å². The molecule has 0 spiro atoms. The SMILES string of the molecule is CC(C)C(CN)C(=O)N1CCN(c2ccc(F)cc2)CC1. The Morgan fingerprint density at radius 3 is 2.24 bits per heavy atom. The quantitative estimate of drug-likeness (QED) is 0.919. The fourth-order valence-electron chi connectivity index (χ4n) is 2.73. The predicted molar refractivity (Wildman–Crippen MR) is 82.6 cm³/mol. The second kappa shape index (κ2) is 6.89. The van der Waals surface area contributed by atoms with Crippen LogP contribution in [0.4, 0.5) is 10.1 Å². The summed E-state index contributed by atoms with van der Waals surface area (Å²) in [6.45, 7) is 7.39. The summed E-state index contributed by atoms with van der Waals surface area (Å²) in [5.41, 5.74) is 6.72. The average Bonchev–Trinajstić information content (AvgIpc) is 2.48. The van der Waals surface area contributed by atoms with Crippen LogP contribution in [0.2, 0.25) is 0 Å². The Hall–Kier alpha value is -1.62. The molecule has 1 unspecified atom stereocenters. The van der Waals surface area contributed by atoms with Gasteiger partial charge in [0, 0.05) is 38.4 Å². The van der Waals surface area contributed by atoms with Crippen molar-refractivity contribution >= 4 is 11.6 Å². The van der Waals surface area contributed by atoms with Crippen molar-refractivity contribution in [3.05, 3.63) is 30.1 Å². The van der Waals surface area contributed by atoms with Crippen molar-refractivity contribution in [1.29, 1.82) is 0 Å². The number of rotatable bonds is 4. The Morgan fingerprint density at radius 2 is 1.76 bits per heavy atom. The summed E-state index contributed by atoms with van der Waals surface area (Å²) in [5.74, 6) is 0.0986. The van der Waals surface area contributed by atoms with Crippen molar-refractivity contribution in [1.82, 2.24) is 4.90 Å². The maximum absolute atomic E-state index is 12.9. The van der Waals surface area contributed by atoms with Crippen LogP contribution >= 0.6 is 0 Å². The van der Waals surface area contributed by atoms with Crippen LogP contribution in [0.5, 0.6) is 0 Å². The zero-order valence-electron chi connectivity index (χ0n) is 12.8. The second-order valence-electron chi connectivity index (χ2n) is 5.87. The predicted octanol–water partition coefficient (Wildman–Crippen LogP) is 1.71. The number of anilines is 1. The van der Waals surface area contributed by atoms with Gasteiger partial charge in [0.2, 0.25) is 5.91 Å². The molecular formula is C16H24FN3O. The lowest BCUT2D eigenvalue weighted by atomic mass is 9.94. The Balaban J connectivity index is 1.93. The van der Waals surface area contributed by atoms with Crippen molar-refractivity contribution < 1.29 is 9.18 Å². The molecule has 1 saturated heterocycles. The highest BCUT2D eigenvalue weighted by molar-refractivity contribution is 5.79. The van der Waals surface area contributed by atoms with Crippen LogP contribution in [0, 0.1) is 17.7 Å². The third-order valence-corrected chi connectivity index (χ3v) is 4.16. The number of halogens is 1. The summed E-state index contributed by atoms with van der Waals surface area (Å²) < 4.78 is 12.9. The first-order valence-corrected chi connectivity index (χ1v) is 7.52. The summed E-state index contributed by atoms with van der Waals surface area (Å²) in [6, 6.07) is 6.50. The van der Waals surface area contributed by atoms with Crippen LogP contribution in [0.25, 0.3) is 0 Å². The molecular weight excluding hydrogens is 269 g/mol. The molecule has 1 amide bonds. The normalized spacial score (nSPS) is 17.2. The van der Waals surface area contributed by atoms with E-state index in [0.717, 1.165) is 18.8 Å². The highest BCUT2D eigenvalue weighted by Crippen LogP contribution is 2.19. The Bertz CT molecular complexity index is 467. The smallest absolute Gasteiger partial charge is 0.227 e. The van der Waals surface area contributed by atoms with Crippen molar-refractivity contribution in [2.45, 2.75) is 13.8 Å². The summed E-state index contributed by atoms with van der Waals surface area (Å²) in [4.78, 5) is 16.5. The lowest BCUT2D eigenvalue weighted by Crippen LogP contribution is -2.52. The summed E-state index contributed by atoms with van der Waals surface area (Å²) in [7, 11) is 0. The van der Waals surface area contributed by atoms with Crippen LogP contribution in [0.1, 0.15) is 13.8 Å². The first kappa shape index (κ1) is 15.8. The van der Waals surface area contributed by atoms with Gasteiger partial charge in [-0.25, -0.2) is 4.39 Å². The van der Waals surface area contributed by atoms with Crippen molar-refractivity contribution in [3.8, 4) is 0 Å². The molecule has 1 aromatic carbocycles. The molecule has 1 atom stereocenters. The standard InChI is InChI=1S/C16H24FN3O/c1-12(2)15(11-18)16(21)20-9-7-19(8-10-20)14-5-3-13(17)4-6-14/h3-6,12,15H,7-11,18H2,1-2H3. The number of hydrogen-bond donors (Lipinski definition) is 1. The van der Waals surface area contributed by atoms with Gasteiger partial charge < -0.3 is 15.5 Å². The molecule has 0 radical (unpaired) electrons. The minimum Gasteiger partial charge on any atom is -0.368 e. The molecule has 0 bridgehead atoms. The number of hydrogen-bond acceptors (Lipinski definition) is 3. The molecule has 1 fully saturated rings. The third kappa shape index (κ3) is 3.73. The molecule has 2 rings (SSSR count). The molecule has 4 nitrogen and oxygen atoms in total. The molecule has 116 valence electrons. The van der Waals surface area contributed by atoms with E-state index >= 15 is 0 Å². The lowest BCUT2D eigenvalue weighted by molar-refractivity contribution is -0.136. The molecule has 21 heavy (non-hydrogen) atoms. The van der Waals surface area contributed by atoms with Crippen LogP contribution in [-0.2, 0) is 4.79 Å². The van der Waals surface area contributed by atoms with E-state index in [-0.39, 0.29) is 23.6 Å². The van der Waals surface area contributed by atoms with E-state index in [4.69, 9.17) is 5.73 Å². The van der Waals surface area contributed by atoms with Gasteiger partial charge in [0.1, 0.15) is 5.82 Å². The summed E-state index contributed by atoms with van der Waals surface area (Å²) >= 11 is 0. The van der Waals surface area contributed by atoms with Crippen LogP contribution in [0.3, 0.4) is 0 Å². The van der Waals surface area contributed by atoms with Gasteiger partial charge >= 0.3 is 0 Å². The first-order valence-electron chi connectivity index (χ1n) is 7.52. The monoisotopic (exact) mass is 293 g/mol. The lowest BCUT2D eigenvalue weighted by Gasteiger charge is -2.38. The first-order chi connectivity index (χ1) is 10.0. The summed E-state index contributed by atoms with van der Waals surface area (Å²) in [5, 5.41) is 0. The van der Waals surface area contributed by atoms with Gasteiger partial charge in [-0.2, -0.15) is 0 Å². The molecule has 1 aliphatic heterocycles. The van der Waals surface area contributed by atoms with Gasteiger partial charge in [-0.15, -0.1) is 0 Å². The largest absolute Gasteiger partial charge is 0.368 e. The van der Waals surface area contributed by atoms with E-state index in [1.54, 1.807) is 12.1 Å². The van der Waals surface area contributed by atoms with Crippen LogP contribution in [-0.4, -0.2) is 43.5 Å². The highest BCUT2D eigenvalue weighted by atomic mass is 19.1. The number of carbonyl (C=O) groups excluding carboxylic acids is 1. The second-order valence-corrected chi connectivity index (χ2v) is 5.87. The fraction of sp³-hybridized carbons (Fsp3) is 0.562. The Morgan fingerprint density at radius 1 is 1.19 bits per heavy atom. The summed E-state index contributed by atoms with van der Waals surface area (Å²) in [6.07, 6.45) is 0. The molecule has 0 saturated carbocycles. The maximum Gasteiger partial charge on any atom is 0.227 e.